The molecule has 0 aromatic heterocycles. The Morgan fingerprint density at radius 3 is 2.50 bits per heavy atom. The van der Waals surface area contributed by atoms with Gasteiger partial charge in [0.05, 0.1) is 6.54 Å². The predicted octanol–water partition coefficient (Wildman–Crippen LogP) is 3.04. The third-order valence-corrected chi connectivity index (χ3v) is 3.86. The molecule has 1 aliphatic rings. The first kappa shape index (κ1) is 15.8. The number of rotatable bonds is 5. The van der Waals surface area contributed by atoms with E-state index in [-0.39, 0.29) is 12.1 Å². The first-order valence-corrected chi connectivity index (χ1v) is 6.91. The lowest BCUT2D eigenvalue weighted by molar-refractivity contribution is -0.156. The van der Waals surface area contributed by atoms with Gasteiger partial charge in [-0.25, -0.2) is 0 Å². The maximum Gasteiger partial charge on any atom is 0.401 e. The Balaban J connectivity index is 2.66. The monoisotopic (exact) mass is 266 g/mol. The molecule has 0 radical (unpaired) electrons. The molecule has 2 nitrogen and oxygen atoms in total. The van der Waals surface area contributed by atoms with Crippen molar-refractivity contribution >= 4 is 0 Å². The molecular formula is C13H25F3N2. The molecule has 1 fully saturated rings. The highest BCUT2D eigenvalue weighted by molar-refractivity contribution is 4.89. The molecule has 108 valence electrons. The lowest BCUT2D eigenvalue weighted by Gasteiger charge is -2.43. The summed E-state index contributed by atoms with van der Waals surface area (Å²) in [6, 6.07) is 0.211. The zero-order valence-electron chi connectivity index (χ0n) is 11.6. The van der Waals surface area contributed by atoms with E-state index in [2.05, 4.69) is 12.2 Å². The van der Waals surface area contributed by atoms with Gasteiger partial charge in [0, 0.05) is 25.2 Å². The molecule has 0 amide bonds. The van der Waals surface area contributed by atoms with Crippen LogP contribution in [0, 0.1) is 5.92 Å². The third-order valence-electron chi connectivity index (χ3n) is 3.86. The van der Waals surface area contributed by atoms with Gasteiger partial charge in [0.15, 0.2) is 0 Å². The second kappa shape index (κ2) is 6.75. The van der Waals surface area contributed by atoms with E-state index in [9.17, 15) is 13.2 Å². The summed E-state index contributed by atoms with van der Waals surface area (Å²) in [6.07, 6.45) is -1.23. The van der Waals surface area contributed by atoms with E-state index >= 15 is 0 Å². The van der Waals surface area contributed by atoms with Gasteiger partial charge >= 0.3 is 6.18 Å². The predicted molar refractivity (Wildman–Crippen MR) is 67.6 cm³/mol. The SMILES string of the molecule is CCCC1CN(CC(F)(F)F)C(C(C)CC)CN1. The van der Waals surface area contributed by atoms with Crippen LogP contribution in [0.25, 0.3) is 0 Å². The van der Waals surface area contributed by atoms with Gasteiger partial charge in [-0.15, -0.1) is 0 Å². The first-order chi connectivity index (χ1) is 8.37. The van der Waals surface area contributed by atoms with Gasteiger partial charge in [0.25, 0.3) is 0 Å². The van der Waals surface area contributed by atoms with Crippen molar-refractivity contribution in [3.05, 3.63) is 0 Å². The third kappa shape index (κ3) is 4.76. The van der Waals surface area contributed by atoms with Crippen LogP contribution in [0.15, 0.2) is 0 Å². The summed E-state index contributed by atoms with van der Waals surface area (Å²) in [5.41, 5.74) is 0. The van der Waals surface area contributed by atoms with Crippen LogP contribution in [0.3, 0.4) is 0 Å². The molecule has 1 heterocycles. The standard InChI is InChI=1S/C13H25F3N2/c1-4-6-11-8-18(9-13(14,15)16)12(7-17-11)10(3)5-2/h10-12,17H,4-9H2,1-3H3. The summed E-state index contributed by atoms with van der Waals surface area (Å²) >= 11 is 0. The van der Waals surface area contributed by atoms with Gasteiger partial charge in [-0.3, -0.25) is 4.90 Å². The maximum atomic E-state index is 12.6. The number of halogens is 3. The van der Waals surface area contributed by atoms with Crippen LogP contribution in [0.2, 0.25) is 0 Å². The molecule has 0 aliphatic carbocycles. The van der Waals surface area contributed by atoms with Crippen molar-refractivity contribution in [1.29, 1.82) is 0 Å². The summed E-state index contributed by atoms with van der Waals surface area (Å²) < 4.78 is 37.9. The Bertz CT molecular complexity index is 243. The highest BCUT2D eigenvalue weighted by atomic mass is 19.4. The van der Waals surface area contributed by atoms with E-state index in [1.165, 1.54) is 0 Å². The molecule has 1 rings (SSSR count). The van der Waals surface area contributed by atoms with Crippen molar-refractivity contribution in [2.24, 2.45) is 5.92 Å². The van der Waals surface area contributed by atoms with Crippen LogP contribution in [0.4, 0.5) is 13.2 Å². The minimum absolute atomic E-state index is 0.00438. The number of alkyl halides is 3. The van der Waals surface area contributed by atoms with E-state index in [0.717, 1.165) is 19.3 Å². The fourth-order valence-electron chi connectivity index (χ4n) is 2.69. The topological polar surface area (TPSA) is 15.3 Å². The fourth-order valence-corrected chi connectivity index (χ4v) is 2.69. The molecule has 0 spiro atoms. The van der Waals surface area contributed by atoms with E-state index in [1.807, 2.05) is 13.8 Å². The van der Waals surface area contributed by atoms with Crippen molar-refractivity contribution in [1.82, 2.24) is 10.2 Å². The van der Waals surface area contributed by atoms with E-state index in [4.69, 9.17) is 0 Å². The molecule has 0 saturated carbocycles. The Morgan fingerprint density at radius 2 is 2.00 bits per heavy atom. The first-order valence-electron chi connectivity index (χ1n) is 6.91. The van der Waals surface area contributed by atoms with E-state index in [1.54, 1.807) is 4.90 Å². The lowest BCUT2D eigenvalue weighted by Crippen LogP contribution is -2.60. The average Bonchev–Trinajstić information content (AvgIpc) is 2.27. The number of hydrogen-bond donors (Lipinski definition) is 1. The minimum Gasteiger partial charge on any atom is -0.311 e. The minimum atomic E-state index is -4.10. The number of piperazine rings is 1. The summed E-state index contributed by atoms with van der Waals surface area (Å²) in [5.74, 6) is 0.294. The Morgan fingerprint density at radius 1 is 1.33 bits per heavy atom. The van der Waals surface area contributed by atoms with Crippen molar-refractivity contribution in [2.75, 3.05) is 19.6 Å². The van der Waals surface area contributed by atoms with Crippen molar-refractivity contribution < 1.29 is 13.2 Å². The Labute approximate surface area is 108 Å². The van der Waals surface area contributed by atoms with Crippen LogP contribution in [-0.2, 0) is 0 Å². The summed E-state index contributed by atoms with van der Waals surface area (Å²) in [4.78, 5) is 1.63. The largest absolute Gasteiger partial charge is 0.401 e. The highest BCUT2D eigenvalue weighted by Crippen LogP contribution is 2.24. The molecule has 0 aromatic carbocycles. The van der Waals surface area contributed by atoms with Crippen molar-refractivity contribution in [3.8, 4) is 0 Å². The summed E-state index contributed by atoms with van der Waals surface area (Å²) in [6.45, 7) is 6.56. The molecule has 1 N–H and O–H groups in total. The molecular weight excluding hydrogens is 241 g/mol. The Kier molecular flexibility index (Phi) is 5.92. The normalized spacial score (nSPS) is 28.3. The summed E-state index contributed by atoms with van der Waals surface area (Å²) in [5, 5.41) is 3.39. The smallest absolute Gasteiger partial charge is 0.311 e. The van der Waals surface area contributed by atoms with Crippen LogP contribution in [0.5, 0.6) is 0 Å². The molecule has 0 bridgehead atoms. The van der Waals surface area contributed by atoms with Crippen LogP contribution >= 0.6 is 0 Å². The number of nitrogens with one attached hydrogen (secondary N) is 1. The zero-order valence-corrected chi connectivity index (χ0v) is 11.6. The van der Waals surface area contributed by atoms with Crippen LogP contribution in [-0.4, -0.2) is 42.8 Å². The van der Waals surface area contributed by atoms with Crippen molar-refractivity contribution in [3.63, 3.8) is 0 Å². The quantitative estimate of drug-likeness (QED) is 0.823. The number of nitrogens with zero attached hydrogens (tertiary/aromatic N) is 1. The number of hydrogen-bond acceptors (Lipinski definition) is 2. The van der Waals surface area contributed by atoms with Gasteiger partial charge in [0.2, 0.25) is 0 Å². The molecule has 1 saturated heterocycles. The van der Waals surface area contributed by atoms with Crippen LogP contribution in [0.1, 0.15) is 40.0 Å². The highest BCUT2D eigenvalue weighted by Gasteiger charge is 2.38. The van der Waals surface area contributed by atoms with Gasteiger partial charge in [-0.05, 0) is 12.3 Å². The zero-order chi connectivity index (χ0) is 13.8. The van der Waals surface area contributed by atoms with Gasteiger partial charge in [-0.1, -0.05) is 33.6 Å². The van der Waals surface area contributed by atoms with E-state index in [0.29, 0.717) is 19.0 Å². The fraction of sp³-hybridized carbons (Fsp3) is 1.00. The molecule has 18 heavy (non-hydrogen) atoms. The second-order valence-corrected chi connectivity index (χ2v) is 5.39. The summed E-state index contributed by atoms with van der Waals surface area (Å²) in [7, 11) is 0. The molecule has 3 atom stereocenters. The van der Waals surface area contributed by atoms with Crippen LogP contribution < -0.4 is 5.32 Å². The van der Waals surface area contributed by atoms with Gasteiger partial charge in [-0.2, -0.15) is 13.2 Å². The Hall–Kier alpha value is -0.290. The maximum absolute atomic E-state index is 12.6. The van der Waals surface area contributed by atoms with E-state index < -0.39 is 12.7 Å². The van der Waals surface area contributed by atoms with Gasteiger partial charge in [0.1, 0.15) is 0 Å². The molecule has 1 aliphatic heterocycles. The van der Waals surface area contributed by atoms with Crippen molar-refractivity contribution in [2.45, 2.75) is 58.3 Å². The average molecular weight is 266 g/mol. The van der Waals surface area contributed by atoms with Gasteiger partial charge < -0.3 is 5.32 Å². The lowest BCUT2D eigenvalue weighted by atomic mass is 9.93. The molecule has 5 heteroatoms. The second-order valence-electron chi connectivity index (χ2n) is 5.39. The molecule has 3 unspecified atom stereocenters. The molecule has 0 aromatic rings.